The van der Waals surface area contributed by atoms with Crippen molar-refractivity contribution in [2.45, 2.75) is 61.7 Å². The molecular formula is C41H29F3O2S3. The smallest absolute Gasteiger partial charge is 0.289 e. The largest absolute Gasteiger partial charge is 0.416 e. The Morgan fingerprint density at radius 2 is 1.04 bits per heavy atom. The van der Waals surface area contributed by atoms with Crippen molar-refractivity contribution in [1.29, 1.82) is 0 Å². The molecule has 0 saturated heterocycles. The van der Waals surface area contributed by atoms with E-state index in [0.717, 1.165) is 44.5 Å². The van der Waals surface area contributed by atoms with Crippen LogP contribution in [0.1, 0.15) is 63.7 Å². The van der Waals surface area contributed by atoms with Crippen molar-refractivity contribution in [2.24, 2.45) is 0 Å². The maximum Gasteiger partial charge on any atom is 0.416 e. The minimum absolute atomic E-state index is 0.0240. The van der Waals surface area contributed by atoms with Crippen LogP contribution < -0.4 is 0 Å². The summed E-state index contributed by atoms with van der Waals surface area (Å²) < 4.78 is 40.6. The monoisotopic (exact) mass is 706 g/mol. The molecule has 0 fully saturated rings. The van der Waals surface area contributed by atoms with E-state index in [1.54, 1.807) is 24.3 Å². The van der Waals surface area contributed by atoms with Gasteiger partial charge in [-0.2, -0.15) is 13.2 Å². The van der Waals surface area contributed by atoms with E-state index in [9.17, 15) is 22.8 Å². The van der Waals surface area contributed by atoms with E-state index in [1.807, 2.05) is 60.7 Å². The molecule has 0 atom stereocenters. The average molecular weight is 707 g/mol. The zero-order valence-corrected chi connectivity index (χ0v) is 29.2. The maximum absolute atomic E-state index is 14.7. The number of fused-ring (bicyclic) bond motifs is 3. The summed E-state index contributed by atoms with van der Waals surface area (Å²) in [5.74, 6) is -0.612. The summed E-state index contributed by atoms with van der Waals surface area (Å²) in [6.07, 6.45) is -4.51. The van der Waals surface area contributed by atoms with Gasteiger partial charge in [0.2, 0.25) is 0 Å². The molecule has 0 heterocycles. The molecule has 1 aliphatic carbocycles. The molecule has 6 aromatic rings. The fourth-order valence-electron chi connectivity index (χ4n) is 5.86. The van der Waals surface area contributed by atoms with Crippen LogP contribution >= 0.6 is 35.3 Å². The predicted octanol–water partition coefficient (Wildman–Crippen LogP) is 12.4. The third kappa shape index (κ3) is 6.70. The Hall–Kier alpha value is -4.24. The number of benzene rings is 6. The second-order valence-corrected chi connectivity index (χ2v) is 16.1. The Morgan fingerprint density at radius 1 is 0.469 bits per heavy atom. The van der Waals surface area contributed by atoms with E-state index < -0.39 is 11.7 Å². The van der Waals surface area contributed by atoms with Gasteiger partial charge in [0.15, 0.2) is 11.6 Å². The van der Waals surface area contributed by atoms with Crippen LogP contribution in [-0.4, -0.2) is 11.6 Å². The Kier molecular flexibility index (Phi) is 8.76. The highest BCUT2D eigenvalue weighted by Crippen LogP contribution is 2.46. The van der Waals surface area contributed by atoms with Crippen molar-refractivity contribution in [3.8, 4) is 0 Å². The number of hydrogen-bond donors (Lipinski definition) is 0. The van der Waals surface area contributed by atoms with Crippen LogP contribution in [0.3, 0.4) is 0 Å². The Labute approximate surface area is 295 Å². The molecule has 0 unspecified atom stereocenters. The minimum Gasteiger partial charge on any atom is -0.289 e. The lowest BCUT2D eigenvalue weighted by Gasteiger charge is -2.24. The number of halogens is 3. The van der Waals surface area contributed by atoms with Gasteiger partial charge in [-0.1, -0.05) is 117 Å². The summed E-state index contributed by atoms with van der Waals surface area (Å²) >= 11 is 3.90. The van der Waals surface area contributed by atoms with Gasteiger partial charge < -0.3 is 0 Å². The first-order chi connectivity index (χ1) is 23.4. The minimum atomic E-state index is -4.51. The zero-order valence-electron chi connectivity index (χ0n) is 26.7. The first-order valence-corrected chi connectivity index (χ1v) is 18.0. The van der Waals surface area contributed by atoms with Gasteiger partial charge in [0.1, 0.15) is 0 Å². The van der Waals surface area contributed by atoms with Gasteiger partial charge in [-0.3, -0.25) is 9.59 Å². The summed E-state index contributed by atoms with van der Waals surface area (Å²) in [4.78, 5) is 33.1. The molecule has 0 spiro atoms. The molecule has 7 rings (SSSR count). The van der Waals surface area contributed by atoms with Crippen molar-refractivity contribution < 1.29 is 22.8 Å². The molecule has 0 aliphatic heterocycles. The van der Waals surface area contributed by atoms with Crippen LogP contribution in [-0.2, 0) is 11.6 Å². The van der Waals surface area contributed by atoms with Crippen molar-refractivity contribution >= 4 is 57.6 Å². The molecule has 244 valence electrons. The van der Waals surface area contributed by atoms with Gasteiger partial charge in [0.25, 0.3) is 0 Å². The Balaban J connectivity index is 1.34. The number of ketones is 2. The van der Waals surface area contributed by atoms with Crippen LogP contribution in [0.2, 0.25) is 0 Å². The highest BCUT2D eigenvalue weighted by molar-refractivity contribution is 8.00. The van der Waals surface area contributed by atoms with Crippen LogP contribution in [0.5, 0.6) is 0 Å². The second-order valence-electron chi connectivity index (χ2n) is 12.8. The molecule has 8 heteroatoms. The van der Waals surface area contributed by atoms with Crippen molar-refractivity contribution in [3.05, 3.63) is 155 Å². The summed E-state index contributed by atoms with van der Waals surface area (Å²) in [5, 5.41) is 2.17. The number of hydrogen-bond acceptors (Lipinski definition) is 5. The number of carbonyl (C=O) groups is 2. The third-order valence-corrected chi connectivity index (χ3v) is 11.5. The highest BCUT2D eigenvalue weighted by Gasteiger charge is 2.36. The van der Waals surface area contributed by atoms with Gasteiger partial charge in [-0.25, -0.2) is 0 Å². The van der Waals surface area contributed by atoms with Gasteiger partial charge in [-0.15, -0.1) is 0 Å². The molecule has 6 aromatic carbocycles. The van der Waals surface area contributed by atoms with E-state index in [1.165, 1.54) is 35.2 Å². The van der Waals surface area contributed by atoms with Gasteiger partial charge in [-0.05, 0) is 82.4 Å². The van der Waals surface area contributed by atoms with E-state index in [-0.39, 0.29) is 28.1 Å². The Morgan fingerprint density at radius 3 is 1.71 bits per heavy atom. The van der Waals surface area contributed by atoms with E-state index in [2.05, 4.69) is 39.0 Å². The molecule has 0 bridgehead atoms. The number of carbonyl (C=O) groups excluding carboxylic acids is 2. The van der Waals surface area contributed by atoms with Crippen LogP contribution in [0.4, 0.5) is 13.2 Å². The molecular weight excluding hydrogens is 678 g/mol. The SMILES string of the molecule is CC(C)(C)c1ccc(Sc2ccc(Sc3ccc4ccccc4c3)c3c2C(=O)c2c(Sc4cccc(C(F)(F)F)c4)cccc2C3=O)cc1. The molecule has 1 aliphatic rings. The molecule has 0 saturated carbocycles. The lowest BCUT2D eigenvalue weighted by molar-refractivity contribution is -0.137. The van der Waals surface area contributed by atoms with E-state index in [0.29, 0.717) is 30.7 Å². The first kappa shape index (κ1) is 33.3. The molecule has 0 radical (unpaired) electrons. The molecule has 49 heavy (non-hydrogen) atoms. The van der Waals surface area contributed by atoms with Crippen molar-refractivity contribution in [3.63, 3.8) is 0 Å². The zero-order chi connectivity index (χ0) is 34.5. The van der Waals surface area contributed by atoms with Crippen LogP contribution in [0, 0.1) is 0 Å². The van der Waals surface area contributed by atoms with E-state index >= 15 is 0 Å². The van der Waals surface area contributed by atoms with E-state index in [4.69, 9.17) is 0 Å². The van der Waals surface area contributed by atoms with Gasteiger partial charge >= 0.3 is 6.18 Å². The quantitative estimate of drug-likeness (QED) is 0.172. The standard InChI is InChI=1S/C41H29F3O2S3/c1-40(2,3)26-15-18-28(19-16-26)47-34-21-20-33(49-30-17-14-24-8-4-5-9-25(24)22-30)36-37(34)39(46)35-31(38(36)45)12-7-13-32(35)48-29-11-6-10-27(23-29)41(42,43)44/h4-23H,1-3H3. The lowest BCUT2D eigenvalue weighted by Crippen LogP contribution is -2.23. The summed E-state index contributed by atoms with van der Waals surface area (Å²) in [5.41, 5.74) is 1.48. The summed E-state index contributed by atoms with van der Waals surface area (Å²) in [7, 11) is 0. The Bertz CT molecular complexity index is 2270. The number of rotatable bonds is 6. The number of alkyl halides is 3. The van der Waals surface area contributed by atoms with Crippen LogP contribution in [0.15, 0.2) is 151 Å². The van der Waals surface area contributed by atoms with Crippen LogP contribution in [0.25, 0.3) is 10.8 Å². The summed E-state index contributed by atoms with van der Waals surface area (Å²) in [6.45, 7) is 6.44. The molecule has 0 amide bonds. The highest BCUT2D eigenvalue weighted by atomic mass is 32.2. The second kappa shape index (κ2) is 12.9. The van der Waals surface area contributed by atoms with Crippen molar-refractivity contribution in [2.75, 3.05) is 0 Å². The molecule has 0 N–H and O–H groups in total. The fraction of sp³-hybridized carbons (Fsp3) is 0.122. The lowest BCUT2D eigenvalue weighted by atomic mass is 9.84. The normalized spacial score (nSPS) is 13.0. The first-order valence-electron chi connectivity index (χ1n) is 15.6. The maximum atomic E-state index is 14.7. The molecule has 0 aromatic heterocycles. The van der Waals surface area contributed by atoms with Gasteiger partial charge in [0, 0.05) is 51.6 Å². The average Bonchev–Trinajstić information content (AvgIpc) is 3.07. The summed E-state index contributed by atoms with van der Waals surface area (Å²) in [6, 6.07) is 36.1. The topological polar surface area (TPSA) is 34.1 Å². The third-order valence-electron chi connectivity index (χ3n) is 8.37. The molecule has 2 nitrogen and oxygen atoms in total. The van der Waals surface area contributed by atoms with Gasteiger partial charge in [0.05, 0.1) is 5.56 Å². The fourth-order valence-corrected chi connectivity index (χ4v) is 8.86. The predicted molar refractivity (Wildman–Crippen MR) is 193 cm³/mol. The van der Waals surface area contributed by atoms with Crippen molar-refractivity contribution in [1.82, 2.24) is 0 Å².